The highest BCUT2D eigenvalue weighted by Crippen LogP contribution is 2.20. The molecule has 8 heteroatoms. The third-order valence-electron chi connectivity index (χ3n) is 4.74. The van der Waals surface area contributed by atoms with Crippen LogP contribution in [0.1, 0.15) is 17.2 Å². The maximum Gasteiger partial charge on any atom is 0.232 e. The molecule has 1 unspecified atom stereocenters. The molecule has 5 nitrogen and oxygen atoms in total. The first kappa shape index (κ1) is 22.2. The number of rotatable bonds is 8. The van der Waals surface area contributed by atoms with E-state index in [0.29, 0.717) is 43.9 Å². The molecule has 0 aromatic heterocycles. The van der Waals surface area contributed by atoms with E-state index in [-0.39, 0.29) is 29.1 Å². The van der Waals surface area contributed by atoms with Crippen LogP contribution in [0, 0.1) is 11.6 Å². The number of nitrogens with zero attached hydrogens (tertiary/aromatic N) is 1. The van der Waals surface area contributed by atoms with Crippen LogP contribution in [0.4, 0.5) is 8.78 Å². The van der Waals surface area contributed by atoms with Gasteiger partial charge in [-0.1, -0.05) is 24.3 Å². The van der Waals surface area contributed by atoms with Gasteiger partial charge in [-0.15, -0.1) is 11.8 Å². The van der Waals surface area contributed by atoms with Gasteiger partial charge < -0.3 is 15.0 Å². The molecule has 0 aliphatic carbocycles. The van der Waals surface area contributed by atoms with Crippen LogP contribution in [0.15, 0.2) is 48.5 Å². The standard InChI is InChI=1S/C22H24F2N2O3S/c23-18-5-1-3-16(11-18)12-20(17-4-2-6-19(24)13-17)25-21(27)14-30-15-22(28)26-7-9-29-10-8-26/h1-6,11,13,20H,7-10,12,14-15H2,(H,25,27). The summed E-state index contributed by atoms with van der Waals surface area (Å²) in [6, 6.07) is 11.6. The van der Waals surface area contributed by atoms with Crippen LogP contribution in [0.25, 0.3) is 0 Å². The molecule has 160 valence electrons. The Hall–Kier alpha value is -2.45. The second-order valence-corrected chi connectivity index (χ2v) is 7.98. The summed E-state index contributed by atoms with van der Waals surface area (Å²) in [5.41, 5.74) is 1.29. The van der Waals surface area contributed by atoms with Gasteiger partial charge in [0.1, 0.15) is 11.6 Å². The minimum atomic E-state index is -0.509. The molecule has 1 heterocycles. The monoisotopic (exact) mass is 434 g/mol. The summed E-state index contributed by atoms with van der Waals surface area (Å²) in [4.78, 5) is 26.4. The molecule has 1 aliphatic rings. The van der Waals surface area contributed by atoms with Crippen LogP contribution in [-0.2, 0) is 20.7 Å². The van der Waals surface area contributed by atoms with Gasteiger partial charge in [-0.05, 0) is 41.8 Å². The number of benzene rings is 2. The number of carbonyl (C=O) groups excluding carboxylic acids is 2. The van der Waals surface area contributed by atoms with Crippen LogP contribution in [-0.4, -0.2) is 54.5 Å². The van der Waals surface area contributed by atoms with Crippen molar-refractivity contribution in [1.29, 1.82) is 0 Å². The van der Waals surface area contributed by atoms with E-state index in [2.05, 4.69) is 5.32 Å². The molecule has 3 rings (SSSR count). The number of hydrogen-bond acceptors (Lipinski definition) is 4. The van der Waals surface area contributed by atoms with Gasteiger partial charge >= 0.3 is 0 Å². The van der Waals surface area contributed by atoms with Crippen molar-refractivity contribution in [2.45, 2.75) is 12.5 Å². The van der Waals surface area contributed by atoms with Gasteiger partial charge in [-0.25, -0.2) is 8.78 Å². The molecule has 30 heavy (non-hydrogen) atoms. The number of halogens is 2. The molecule has 1 fully saturated rings. The molecular formula is C22H24F2N2O3S. The van der Waals surface area contributed by atoms with Gasteiger partial charge in [0.15, 0.2) is 0 Å². The van der Waals surface area contributed by atoms with Crippen molar-refractivity contribution in [1.82, 2.24) is 10.2 Å². The number of morpholine rings is 1. The normalized spacial score (nSPS) is 14.9. The number of amides is 2. The average molecular weight is 435 g/mol. The van der Waals surface area contributed by atoms with E-state index in [9.17, 15) is 18.4 Å². The molecule has 2 aromatic rings. The molecule has 0 bridgehead atoms. The first-order valence-corrected chi connectivity index (χ1v) is 10.9. The van der Waals surface area contributed by atoms with Crippen molar-refractivity contribution >= 4 is 23.6 Å². The summed E-state index contributed by atoms with van der Waals surface area (Å²) in [5, 5.41) is 2.89. The van der Waals surface area contributed by atoms with Gasteiger partial charge in [0.2, 0.25) is 11.8 Å². The van der Waals surface area contributed by atoms with E-state index >= 15 is 0 Å². The highest BCUT2D eigenvalue weighted by Gasteiger charge is 2.19. The van der Waals surface area contributed by atoms with E-state index < -0.39 is 11.9 Å². The number of carbonyl (C=O) groups is 2. The maximum absolute atomic E-state index is 13.7. The Bertz CT molecular complexity index is 875. The second-order valence-electron chi connectivity index (χ2n) is 7.00. The predicted molar refractivity (Wildman–Crippen MR) is 112 cm³/mol. The van der Waals surface area contributed by atoms with Crippen molar-refractivity contribution in [2.24, 2.45) is 0 Å². The number of thioether (sulfide) groups is 1. The Balaban J connectivity index is 1.57. The highest BCUT2D eigenvalue weighted by atomic mass is 32.2. The Labute approximate surface area is 178 Å². The molecule has 0 saturated carbocycles. The van der Waals surface area contributed by atoms with Gasteiger partial charge in [0, 0.05) is 13.1 Å². The third-order valence-corrected chi connectivity index (χ3v) is 5.65. The van der Waals surface area contributed by atoms with E-state index in [1.54, 1.807) is 29.2 Å². The summed E-state index contributed by atoms with van der Waals surface area (Å²) in [7, 11) is 0. The molecule has 1 aliphatic heterocycles. The summed E-state index contributed by atoms with van der Waals surface area (Å²) < 4.78 is 32.5. The third kappa shape index (κ3) is 6.81. The van der Waals surface area contributed by atoms with Crippen molar-refractivity contribution in [3.05, 3.63) is 71.3 Å². The smallest absolute Gasteiger partial charge is 0.232 e. The minimum absolute atomic E-state index is 0.0162. The number of hydrogen-bond donors (Lipinski definition) is 1. The summed E-state index contributed by atoms with van der Waals surface area (Å²) >= 11 is 1.23. The Morgan fingerprint density at radius 3 is 2.43 bits per heavy atom. The highest BCUT2D eigenvalue weighted by molar-refractivity contribution is 8.00. The van der Waals surface area contributed by atoms with Crippen molar-refractivity contribution in [2.75, 3.05) is 37.8 Å². The maximum atomic E-state index is 13.7. The predicted octanol–water partition coefficient (Wildman–Crippen LogP) is 2.96. The molecule has 2 amide bonds. The molecule has 2 aromatic carbocycles. The van der Waals surface area contributed by atoms with Crippen molar-refractivity contribution in [3.63, 3.8) is 0 Å². The fraction of sp³-hybridized carbons (Fsp3) is 0.364. The number of ether oxygens (including phenoxy) is 1. The number of nitrogens with one attached hydrogen (secondary N) is 1. The van der Waals surface area contributed by atoms with Gasteiger partial charge in [-0.2, -0.15) is 0 Å². The molecule has 0 radical (unpaired) electrons. The zero-order chi connectivity index (χ0) is 21.3. The fourth-order valence-electron chi connectivity index (χ4n) is 3.25. The lowest BCUT2D eigenvalue weighted by Crippen LogP contribution is -2.41. The van der Waals surface area contributed by atoms with Gasteiger partial charge in [0.25, 0.3) is 0 Å². The minimum Gasteiger partial charge on any atom is -0.378 e. The summed E-state index contributed by atoms with van der Waals surface area (Å²) in [6.07, 6.45) is 0.324. The molecule has 1 N–H and O–H groups in total. The Morgan fingerprint density at radius 2 is 1.73 bits per heavy atom. The lowest BCUT2D eigenvalue weighted by atomic mass is 9.98. The molecule has 1 atom stereocenters. The first-order valence-electron chi connectivity index (χ1n) is 9.74. The van der Waals surface area contributed by atoms with Crippen LogP contribution in [0.3, 0.4) is 0 Å². The van der Waals surface area contributed by atoms with E-state index in [0.717, 1.165) is 0 Å². The fourth-order valence-corrected chi connectivity index (χ4v) is 3.97. The van der Waals surface area contributed by atoms with Crippen LogP contribution < -0.4 is 5.32 Å². The summed E-state index contributed by atoms with van der Waals surface area (Å²) in [6.45, 7) is 2.21. The van der Waals surface area contributed by atoms with Gasteiger partial charge in [-0.3, -0.25) is 9.59 Å². The largest absolute Gasteiger partial charge is 0.378 e. The zero-order valence-electron chi connectivity index (χ0n) is 16.5. The SMILES string of the molecule is O=C(CSCC(=O)N1CCOCC1)NC(Cc1cccc(F)c1)c1cccc(F)c1. The Kier molecular flexibility index (Phi) is 8.21. The van der Waals surface area contributed by atoms with E-state index in [1.165, 1.54) is 36.0 Å². The van der Waals surface area contributed by atoms with E-state index in [1.807, 2.05) is 0 Å². The Morgan fingerprint density at radius 1 is 1.03 bits per heavy atom. The lowest BCUT2D eigenvalue weighted by Gasteiger charge is -2.26. The van der Waals surface area contributed by atoms with Crippen molar-refractivity contribution < 1.29 is 23.1 Å². The first-order chi connectivity index (χ1) is 14.5. The van der Waals surface area contributed by atoms with Crippen molar-refractivity contribution in [3.8, 4) is 0 Å². The molecule has 1 saturated heterocycles. The molecule has 0 spiro atoms. The lowest BCUT2D eigenvalue weighted by molar-refractivity contribution is -0.132. The van der Waals surface area contributed by atoms with E-state index in [4.69, 9.17) is 4.74 Å². The topological polar surface area (TPSA) is 58.6 Å². The van der Waals surface area contributed by atoms with Crippen LogP contribution in [0.5, 0.6) is 0 Å². The quantitative estimate of drug-likeness (QED) is 0.694. The van der Waals surface area contributed by atoms with Gasteiger partial charge in [0.05, 0.1) is 30.8 Å². The molecular weight excluding hydrogens is 410 g/mol. The van der Waals surface area contributed by atoms with Crippen LogP contribution in [0.2, 0.25) is 0 Å². The zero-order valence-corrected chi connectivity index (χ0v) is 17.3. The summed E-state index contributed by atoms with van der Waals surface area (Å²) in [5.74, 6) is -0.740. The average Bonchev–Trinajstić information content (AvgIpc) is 2.74. The second kappa shape index (κ2) is 11.1. The van der Waals surface area contributed by atoms with Crippen LogP contribution >= 0.6 is 11.8 Å².